The van der Waals surface area contributed by atoms with Crippen LogP contribution in [0.25, 0.3) is 0 Å². The number of fused-ring (bicyclic) bond motifs is 1. The lowest BCUT2D eigenvalue weighted by molar-refractivity contribution is 0.632. The van der Waals surface area contributed by atoms with Gasteiger partial charge in [0.15, 0.2) is 0 Å². The van der Waals surface area contributed by atoms with Crippen molar-refractivity contribution in [3.05, 3.63) is 17.0 Å². The minimum Gasteiger partial charge on any atom is -0.312 e. The van der Waals surface area contributed by atoms with Gasteiger partial charge in [0.1, 0.15) is 0 Å². The summed E-state index contributed by atoms with van der Waals surface area (Å²) >= 11 is 0. The van der Waals surface area contributed by atoms with Gasteiger partial charge in [0.05, 0.1) is 5.69 Å². The van der Waals surface area contributed by atoms with Crippen LogP contribution in [0, 0.1) is 0 Å². The van der Waals surface area contributed by atoms with Crippen LogP contribution in [0.2, 0.25) is 0 Å². The van der Waals surface area contributed by atoms with E-state index in [1.807, 2.05) is 11.7 Å². The summed E-state index contributed by atoms with van der Waals surface area (Å²) in [5.41, 5.74) is 4.12. The second kappa shape index (κ2) is 2.90. The summed E-state index contributed by atoms with van der Waals surface area (Å²) in [4.78, 5) is 0. The average molecular weight is 165 g/mol. The van der Waals surface area contributed by atoms with Crippen LogP contribution >= 0.6 is 0 Å². The first kappa shape index (κ1) is 7.80. The van der Waals surface area contributed by atoms with E-state index < -0.39 is 0 Å². The lowest BCUT2D eigenvalue weighted by atomic mass is 10.1. The Morgan fingerprint density at radius 2 is 2.42 bits per heavy atom. The van der Waals surface area contributed by atoms with Crippen LogP contribution < -0.4 is 5.32 Å². The van der Waals surface area contributed by atoms with Gasteiger partial charge in [-0.15, -0.1) is 0 Å². The van der Waals surface area contributed by atoms with Gasteiger partial charge in [0.2, 0.25) is 0 Å². The van der Waals surface area contributed by atoms with Crippen molar-refractivity contribution in [2.24, 2.45) is 7.05 Å². The summed E-state index contributed by atoms with van der Waals surface area (Å²) in [5, 5.41) is 7.87. The van der Waals surface area contributed by atoms with Crippen LogP contribution in [-0.4, -0.2) is 16.3 Å². The molecule has 0 aliphatic carbocycles. The normalized spacial score (nSPS) is 16.2. The van der Waals surface area contributed by atoms with Gasteiger partial charge in [-0.1, -0.05) is 6.92 Å². The first-order valence-corrected chi connectivity index (χ1v) is 4.57. The molecule has 0 aromatic carbocycles. The molecule has 0 radical (unpaired) electrons. The zero-order valence-electron chi connectivity index (χ0n) is 7.72. The van der Waals surface area contributed by atoms with Crippen molar-refractivity contribution < 1.29 is 0 Å². The first-order chi connectivity index (χ1) is 5.83. The highest BCUT2D eigenvalue weighted by atomic mass is 15.3. The molecule has 0 saturated carbocycles. The maximum atomic E-state index is 4.50. The Morgan fingerprint density at radius 1 is 1.58 bits per heavy atom. The number of hydrogen-bond acceptors (Lipinski definition) is 2. The quantitative estimate of drug-likeness (QED) is 0.661. The molecule has 3 heteroatoms. The molecule has 1 aliphatic rings. The molecule has 1 aliphatic heterocycles. The molecule has 2 rings (SSSR count). The first-order valence-electron chi connectivity index (χ1n) is 4.57. The van der Waals surface area contributed by atoms with Gasteiger partial charge in [0.25, 0.3) is 0 Å². The molecule has 0 spiro atoms. The van der Waals surface area contributed by atoms with Gasteiger partial charge < -0.3 is 5.32 Å². The van der Waals surface area contributed by atoms with Crippen molar-refractivity contribution in [2.45, 2.75) is 26.3 Å². The number of nitrogens with zero attached hydrogens (tertiary/aromatic N) is 2. The predicted molar refractivity (Wildman–Crippen MR) is 48.0 cm³/mol. The average Bonchev–Trinajstić information content (AvgIpc) is 2.40. The van der Waals surface area contributed by atoms with Gasteiger partial charge in [0, 0.05) is 37.8 Å². The minimum atomic E-state index is 1.01. The minimum absolute atomic E-state index is 1.01. The van der Waals surface area contributed by atoms with Crippen LogP contribution in [0.15, 0.2) is 0 Å². The molecule has 0 fully saturated rings. The molecule has 1 aromatic heterocycles. The topological polar surface area (TPSA) is 29.9 Å². The standard InChI is InChI=1S/C9H15N3/c1-3-9-7-6-10-5-4-8(7)11-12(9)2/h10H,3-6H2,1-2H3. The molecule has 0 saturated heterocycles. The second-order valence-electron chi connectivity index (χ2n) is 3.28. The highest BCUT2D eigenvalue weighted by molar-refractivity contribution is 5.28. The van der Waals surface area contributed by atoms with Crippen molar-refractivity contribution in [1.82, 2.24) is 15.1 Å². The fraction of sp³-hybridized carbons (Fsp3) is 0.667. The summed E-state index contributed by atoms with van der Waals surface area (Å²) in [7, 11) is 2.04. The Labute approximate surface area is 72.8 Å². The fourth-order valence-electron chi connectivity index (χ4n) is 1.93. The van der Waals surface area contributed by atoms with Gasteiger partial charge in [-0.2, -0.15) is 5.10 Å². The third-order valence-electron chi connectivity index (χ3n) is 2.53. The van der Waals surface area contributed by atoms with Crippen molar-refractivity contribution in [2.75, 3.05) is 6.54 Å². The molecular weight excluding hydrogens is 150 g/mol. The smallest absolute Gasteiger partial charge is 0.0685 e. The molecule has 0 unspecified atom stereocenters. The van der Waals surface area contributed by atoms with E-state index in [-0.39, 0.29) is 0 Å². The molecule has 2 heterocycles. The van der Waals surface area contributed by atoms with Crippen LogP contribution in [-0.2, 0) is 26.4 Å². The number of hydrogen-bond donors (Lipinski definition) is 1. The van der Waals surface area contributed by atoms with E-state index in [4.69, 9.17) is 0 Å². The van der Waals surface area contributed by atoms with Crippen molar-refractivity contribution >= 4 is 0 Å². The third-order valence-corrected chi connectivity index (χ3v) is 2.53. The summed E-state index contributed by atoms with van der Waals surface area (Å²) in [6.07, 6.45) is 2.17. The van der Waals surface area contributed by atoms with Crippen molar-refractivity contribution in [3.63, 3.8) is 0 Å². The number of nitrogens with one attached hydrogen (secondary N) is 1. The van der Waals surface area contributed by atoms with E-state index in [1.165, 1.54) is 17.0 Å². The maximum Gasteiger partial charge on any atom is 0.0685 e. The highest BCUT2D eigenvalue weighted by Crippen LogP contribution is 2.17. The van der Waals surface area contributed by atoms with E-state index in [0.717, 1.165) is 25.9 Å². The molecule has 0 amide bonds. The Kier molecular flexibility index (Phi) is 1.89. The van der Waals surface area contributed by atoms with E-state index in [9.17, 15) is 0 Å². The van der Waals surface area contributed by atoms with E-state index in [2.05, 4.69) is 17.3 Å². The zero-order valence-corrected chi connectivity index (χ0v) is 7.72. The Bertz CT molecular complexity index is 288. The molecule has 0 atom stereocenters. The summed E-state index contributed by atoms with van der Waals surface area (Å²) in [5.74, 6) is 0. The Morgan fingerprint density at radius 3 is 3.17 bits per heavy atom. The van der Waals surface area contributed by atoms with Crippen LogP contribution in [0.3, 0.4) is 0 Å². The lowest BCUT2D eigenvalue weighted by Crippen LogP contribution is -2.23. The number of aromatic nitrogens is 2. The lowest BCUT2D eigenvalue weighted by Gasteiger charge is -2.11. The molecule has 66 valence electrons. The molecular formula is C9H15N3. The number of aryl methyl sites for hydroxylation is 1. The molecule has 0 bridgehead atoms. The van der Waals surface area contributed by atoms with Gasteiger partial charge in [-0.05, 0) is 6.42 Å². The highest BCUT2D eigenvalue weighted by Gasteiger charge is 2.16. The van der Waals surface area contributed by atoms with E-state index in [1.54, 1.807) is 0 Å². The molecule has 3 nitrogen and oxygen atoms in total. The van der Waals surface area contributed by atoms with E-state index >= 15 is 0 Å². The molecule has 1 aromatic rings. The molecule has 1 N–H and O–H groups in total. The molecule has 12 heavy (non-hydrogen) atoms. The Balaban J connectivity index is 2.46. The van der Waals surface area contributed by atoms with Crippen LogP contribution in [0.1, 0.15) is 23.9 Å². The summed E-state index contributed by atoms with van der Waals surface area (Å²) in [6, 6.07) is 0. The Hall–Kier alpha value is -0.830. The van der Waals surface area contributed by atoms with Crippen molar-refractivity contribution in [1.29, 1.82) is 0 Å². The zero-order chi connectivity index (χ0) is 8.55. The van der Waals surface area contributed by atoms with Gasteiger partial charge in [-0.3, -0.25) is 4.68 Å². The monoisotopic (exact) mass is 165 g/mol. The van der Waals surface area contributed by atoms with E-state index in [0.29, 0.717) is 0 Å². The van der Waals surface area contributed by atoms with Gasteiger partial charge in [-0.25, -0.2) is 0 Å². The van der Waals surface area contributed by atoms with Crippen LogP contribution in [0.5, 0.6) is 0 Å². The largest absolute Gasteiger partial charge is 0.312 e. The summed E-state index contributed by atoms with van der Waals surface area (Å²) in [6.45, 7) is 4.27. The number of rotatable bonds is 1. The maximum absolute atomic E-state index is 4.50. The van der Waals surface area contributed by atoms with Gasteiger partial charge >= 0.3 is 0 Å². The fourth-order valence-corrected chi connectivity index (χ4v) is 1.93. The van der Waals surface area contributed by atoms with Crippen molar-refractivity contribution in [3.8, 4) is 0 Å². The second-order valence-corrected chi connectivity index (χ2v) is 3.28. The van der Waals surface area contributed by atoms with Crippen LogP contribution in [0.4, 0.5) is 0 Å². The SMILES string of the molecule is CCc1c2c(nn1C)CCNC2. The summed E-state index contributed by atoms with van der Waals surface area (Å²) < 4.78 is 2.03. The third kappa shape index (κ3) is 1.05. The predicted octanol–water partition coefficient (Wildman–Crippen LogP) is 0.628.